The lowest BCUT2D eigenvalue weighted by Crippen LogP contribution is -2.23. The summed E-state index contributed by atoms with van der Waals surface area (Å²) in [6.45, 7) is 12.7. The topological polar surface area (TPSA) is 37.9 Å². The van der Waals surface area contributed by atoms with Gasteiger partial charge in [-0.05, 0) is 18.3 Å². The largest absolute Gasteiger partial charge is 0.373 e. The molecule has 0 radical (unpaired) electrons. The van der Waals surface area contributed by atoms with E-state index >= 15 is 0 Å². The summed E-state index contributed by atoms with van der Waals surface area (Å²) < 4.78 is 6.25. The molecule has 4 heteroatoms. The van der Waals surface area contributed by atoms with Crippen molar-refractivity contribution in [2.45, 2.75) is 53.6 Å². The number of hydrogen-bond acceptors (Lipinski definition) is 3. The van der Waals surface area contributed by atoms with Gasteiger partial charge in [-0.15, -0.1) is 0 Å². The molecule has 3 nitrogen and oxygen atoms in total. The number of nitrogens with one attached hydrogen (secondary N) is 1. The van der Waals surface area contributed by atoms with Crippen LogP contribution >= 0.6 is 12.2 Å². The highest BCUT2D eigenvalue weighted by molar-refractivity contribution is 7.71. The quantitative estimate of drug-likeness (QED) is 0.830. The fourth-order valence-corrected chi connectivity index (χ4v) is 2.78. The summed E-state index contributed by atoms with van der Waals surface area (Å²) in [5.74, 6) is 1.20. The van der Waals surface area contributed by atoms with Crippen LogP contribution in [0.15, 0.2) is 0 Å². The molecule has 1 aromatic rings. The van der Waals surface area contributed by atoms with Crippen LogP contribution in [0.3, 0.4) is 0 Å². The maximum absolute atomic E-state index is 5.57. The number of aromatic amines is 1. The standard InChI is InChI=1S/C14H24N2OS/c1-8(2)10-9(3)15-12(16-13(10)18)11(17-7)14(4,5)6/h8,11H,1-7H3,(H,15,16,18). The zero-order valence-corrected chi connectivity index (χ0v) is 13.2. The van der Waals surface area contributed by atoms with Gasteiger partial charge in [-0.2, -0.15) is 0 Å². The molecule has 0 spiro atoms. The van der Waals surface area contributed by atoms with Crippen molar-refractivity contribution in [2.75, 3.05) is 7.11 Å². The van der Waals surface area contributed by atoms with Crippen molar-refractivity contribution in [3.63, 3.8) is 0 Å². The van der Waals surface area contributed by atoms with Crippen molar-refractivity contribution in [2.24, 2.45) is 5.41 Å². The number of H-pyrrole nitrogens is 1. The average molecular weight is 268 g/mol. The molecular weight excluding hydrogens is 244 g/mol. The number of aromatic nitrogens is 2. The summed E-state index contributed by atoms with van der Waals surface area (Å²) in [5.41, 5.74) is 2.19. The SMILES string of the molecule is COC(c1nc(=S)c(C(C)C)c(C)[nH]1)C(C)(C)C. The Bertz CT molecular complexity index is 472. The molecule has 0 aliphatic carbocycles. The first-order valence-electron chi connectivity index (χ1n) is 6.32. The molecule has 1 heterocycles. The van der Waals surface area contributed by atoms with Crippen molar-refractivity contribution in [1.82, 2.24) is 9.97 Å². The van der Waals surface area contributed by atoms with Crippen LogP contribution in [0.25, 0.3) is 0 Å². The third-order valence-electron chi connectivity index (χ3n) is 3.02. The minimum absolute atomic E-state index is 0.0220. The Balaban J connectivity index is 3.33. The van der Waals surface area contributed by atoms with Gasteiger partial charge in [0.05, 0.1) is 0 Å². The molecule has 1 atom stereocenters. The van der Waals surface area contributed by atoms with Gasteiger partial charge >= 0.3 is 0 Å². The molecule has 0 saturated heterocycles. The fourth-order valence-electron chi connectivity index (χ4n) is 2.30. The van der Waals surface area contributed by atoms with E-state index in [-0.39, 0.29) is 11.5 Å². The van der Waals surface area contributed by atoms with Gasteiger partial charge < -0.3 is 9.72 Å². The predicted octanol–water partition coefficient (Wildman–Crippen LogP) is 4.30. The molecule has 0 aliphatic rings. The Morgan fingerprint density at radius 2 is 1.83 bits per heavy atom. The number of nitrogens with zero attached hydrogens (tertiary/aromatic N) is 1. The maximum Gasteiger partial charge on any atom is 0.137 e. The maximum atomic E-state index is 5.57. The van der Waals surface area contributed by atoms with Crippen LogP contribution in [0.1, 0.15) is 63.7 Å². The van der Waals surface area contributed by atoms with Gasteiger partial charge in [0.15, 0.2) is 0 Å². The summed E-state index contributed by atoms with van der Waals surface area (Å²) in [7, 11) is 1.71. The molecule has 1 N–H and O–H groups in total. The van der Waals surface area contributed by atoms with E-state index in [2.05, 4.69) is 44.6 Å². The Morgan fingerprint density at radius 3 is 2.17 bits per heavy atom. The van der Waals surface area contributed by atoms with Gasteiger partial charge in [-0.25, -0.2) is 4.98 Å². The summed E-state index contributed by atoms with van der Waals surface area (Å²) in [4.78, 5) is 7.88. The van der Waals surface area contributed by atoms with E-state index in [1.54, 1.807) is 7.11 Å². The monoisotopic (exact) mass is 268 g/mol. The second kappa shape index (κ2) is 5.49. The summed E-state index contributed by atoms with van der Waals surface area (Å²) >= 11 is 5.41. The number of hydrogen-bond donors (Lipinski definition) is 1. The molecule has 0 fully saturated rings. The number of rotatable bonds is 3. The van der Waals surface area contributed by atoms with Crippen LogP contribution in [-0.4, -0.2) is 17.1 Å². The molecule has 1 unspecified atom stereocenters. The van der Waals surface area contributed by atoms with E-state index in [9.17, 15) is 0 Å². The summed E-state index contributed by atoms with van der Waals surface area (Å²) in [6.07, 6.45) is -0.0842. The van der Waals surface area contributed by atoms with Crippen LogP contribution in [0.5, 0.6) is 0 Å². The molecular formula is C14H24N2OS. The van der Waals surface area contributed by atoms with Gasteiger partial charge in [0, 0.05) is 18.4 Å². The number of ether oxygens (including phenoxy) is 1. The molecule has 1 aromatic heterocycles. The van der Waals surface area contributed by atoms with E-state index in [1.807, 2.05) is 6.92 Å². The predicted molar refractivity (Wildman–Crippen MR) is 77.5 cm³/mol. The van der Waals surface area contributed by atoms with Gasteiger partial charge in [0.25, 0.3) is 0 Å². The van der Waals surface area contributed by atoms with E-state index in [4.69, 9.17) is 17.0 Å². The van der Waals surface area contributed by atoms with Crippen molar-refractivity contribution >= 4 is 12.2 Å². The lowest BCUT2D eigenvalue weighted by Gasteiger charge is -2.29. The number of aryl methyl sites for hydroxylation is 1. The third kappa shape index (κ3) is 3.18. The third-order valence-corrected chi connectivity index (χ3v) is 3.33. The van der Waals surface area contributed by atoms with Gasteiger partial charge in [-0.3, -0.25) is 0 Å². The molecule has 0 bridgehead atoms. The summed E-state index contributed by atoms with van der Waals surface area (Å²) in [5, 5.41) is 0. The molecule has 18 heavy (non-hydrogen) atoms. The van der Waals surface area contributed by atoms with Crippen LogP contribution in [0.4, 0.5) is 0 Å². The Kier molecular flexibility index (Phi) is 4.67. The lowest BCUT2D eigenvalue weighted by molar-refractivity contribution is 0.00842. The molecule has 0 aromatic carbocycles. The molecule has 0 aliphatic heterocycles. The fraction of sp³-hybridized carbons (Fsp3) is 0.714. The lowest BCUT2D eigenvalue weighted by atomic mass is 9.88. The smallest absolute Gasteiger partial charge is 0.137 e. The van der Waals surface area contributed by atoms with E-state index in [1.165, 1.54) is 0 Å². The van der Waals surface area contributed by atoms with Crippen LogP contribution < -0.4 is 0 Å². The molecule has 102 valence electrons. The molecule has 0 saturated carbocycles. The second-order valence-corrected chi connectivity index (χ2v) is 6.49. The first-order chi connectivity index (χ1) is 8.18. The van der Waals surface area contributed by atoms with Gasteiger partial charge in [0.1, 0.15) is 16.6 Å². The van der Waals surface area contributed by atoms with Crippen molar-refractivity contribution in [1.29, 1.82) is 0 Å². The first kappa shape index (κ1) is 15.3. The minimum Gasteiger partial charge on any atom is -0.373 e. The minimum atomic E-state index is -0.0842. The van der Waals surface area contributed by atoms with E-state index < -0.39 is 0 Å². The second-order valence-electron chi connectivity index (χ2n) is 6.10. The van der Waals surface area contributed by atoms with Gasteiger partial charge in [-0.1, -0.05) is 46.8 Å². The average Bonchev–Trinajstić information content (AvgIpc) is 2.13. The van der Waals surface area contributed by atoms with Gasteiger partial charge in [0.2, 0.25) is 0 Å². The Morgan fingerprint density at radius 1 is 1.28 bits per heavy atom. The number of methoxy groups -OCH3 is 1. The van der Waals surface area contributed by atoms with Crippen LogP contribution in [-0.2, 0) is 4.74 Å². The highest BCUT2D eigenvalue weighted by atomic mass is 32.1. The van der Waals surface area contributed by atoms with Crippen molar-refractivity contribution in [3.8, 4) is 0 Å². The normalized spacial score (nSPS) is 14.0. The zero-order chi connectivity index (χ0) is 14.1. The Hall–Kier alpha value is -0.740. The van der Waals surface area contributed by atoms with E-state index in [0.29, 0.717) is 10.6 Å². The Labute approximate surface area is 115 Å². The van der Waals surface area contributed by atoms with Crippen molar-refractivity contribution in [3.05, 3.63) is 21.7 Å². The highest BCUT2D eigenvalue weighted by Crippen LogP contribution is 2.34. The molecule has 0 amide bonds. The van der Waals surface area contributed by atoms with Crippen LogP contribution in [0.2, 0.25) is 0 Å². The summed E-state index contributed by atoms with van der Waals surface area (Å²) in [6, 6.07) is 0. The first-order valence-corrected chi connectivity index (χ1v) is 6.72. The van der Waals surface area contributed by atoms with Crippen LogP contribution in [0, 0.1) is 17.0 Å². The van der Waals surface area contributed by atoms with E-state index in [0.717, 1.165) is 17.1 Å². The molecule has 1 rings (SSSR count). The zero-order valence-electron chi connectivity index (χ0n) is 12.4. The van der Waals surface area contributed by atoms with Crippen molar-refractivity contribution < 1.29 is 4.74 Å². The highest BCUT2D eigenvalue weighted by Gasteiger charge is 2.28.